The van der Waals surface area contributed by atoms with Crippen LogP contribution in [0.15, 0.2) is 34.9 Å². The monoisotopic (exact) mass is 319 g/mol. The quantitative estimate of drug-likeness (QED) is 0.821. The van der Waals surface area contributed by atoms with E-state index < -0.39 is 0 Å². The smallest absolute Gasteiger partial charge is 0.275 e. The van der Waals surface area contributed by atoms with Crippen molar-refractivity contribution in [1.82, 2.24) is 4.57 Å². The summed E-state index contributed by atoms with van der Waals surface area (Å²) in [5.74, 6) is -0.00940. The molecule has 0 bridgehead atoms. The van der Waals surface area contributed by atoms with Gasteiger partial charge in [-0.25, -0.2) is 0 Å². The standard InChI is InChI=1S/C14H14BrN3O/c1-17-8-10(15)7-12(17)14(19)18-6-5-9-3-2-4-11(16)13(9)18/h2-4,7-8H,5-6,16H2,1H3. The lowest BCUT2D eigenvalue weighted by atomic mass is 10.1. The van der Waals surface area contributed by atoms with Crippen molar-refractivity contribution in [1.29, 1.82) is 0 Å². The number of aromatic nitrogens is 1. The second-order valence-corrected chi connectivity index (χ2v) is 5.63. The van der Waals surface area contributed by atoms with Gasteiger partial charge in [0.05, 0.1) is 11.4 Å². The number of rotatable bonds is 1. The molecule has 1 aromatic carbocycles. The molecule has 19 heavy (non-hydrogen) atoms. The van der Waals surface area contributed by atoms with Crippen LogP contribution in [-0.4, -0.2) is 17.0 Å². The van der Waals surface area contributed by atoms with E-state index in [0.717, 1.165) is 22.1 Å². The molecule has 0 radical (unpaired) electrons. The Morgan fingerprint density at radius 2 is 2.21 bits per heavy atom. The first kappa shape index (κ1) is 12.3. The van der Waals surface area contributed by atoms with Gasteiger partial charge in [-0.05, 0) is 40.0 Å². The Balaban J connectivity index is 2.02. The fourth-order valence-electron chi connectivity index (χ4n) is 2.56. The molecular weight excluding hydrogens is 306 g/mol. The van der Waals surface area contributed by atoms with Crippen molar-refractivity contribution in [3.63, 3.8) is 0 Å². The Bertz CT molecular complexity index is 663. The number of nitrogens with two attached hydrogens (primary N) is 1. The highest BCUT2D eigenvalue weighted by Gasteiger charge is 2.28. The summed E-state index contributed by atoms with van der Waals surface area (Å²) in [5, 5.41) is 0. The molecule has 1 aromatic heterocycles. The largest absolute Gasteiger partial charge is 0.397 e. The van der Waals surface area contributed by atoms with Crippen LogP contribution < -0.4 is 10.6 Å². The summed E-state index contributed by atoms with van der Waals surface area (Å²) in [7, 11) is 1.86. The Kier molecular flexibility index (Phi) is 2.86. The molecule has 1 amide bonds. The summed E-state index contributed by atoms with van der Waals surface area (Å²) in [6.07, 6.45) is 2.73. The molecule has 0 atom stereocenters. The van der Waals surface area contributed by atoms with E-state index in [4.69, 9.17) is 5.73 Å². The lowest BCUT2D eigenvalue weighted by Crippen LogP contribution is -2.30. The minimum atomic E-state index is -0.00940. The number of carbonyl (C=O) groups excluding carboxylic acids is 1. The number of hydrogen-bond donors (Lipinski definition) is 1. The number of fused-ring (bicyclic) bond motifs is 1. The predicted molar refractivity (Wildman–Crippen MR) is 79.3 cm³/mol. The zero-order valence-electron chi connectivity index (χ0n) is 10.6. The van der Waals surface area contributed by atoms with Crippen LogP contribution in [0.4, 0.5) is 11.4 Å². The van der Waals surface area contributed by atoms with Crippen LogP contribution in [0.25, 0.3) is 0 Å². The van der Waals surface area contributed by atoms with Gasteiger partial charge in [0.2, 0.25) is 0 Å². The molecule has 98 valence electrons. The summed E-state index contributed by atoms with van der Waals surface area (Å²) in [6, 6.07) is 7.63. The molecule has 0 unspecified atom stereocenters. The molecule has 5 heteroatoms. The maximum absolute atomic E-state index is 12.6. The van der Waals surface area contributed by atoms with Crippen LogP contribution in [0.2, 0.25) is 0 Å². The molecule has 0 spiro atoms. The van der Waals surface area contributed by atoms with E-state index in [1.54, 1.807) is 4.90 Å². The van der Waals surface area contributed by atoms with Crippen LogP contribution in [0.5, 0.6) is 0 Å². The van der Waals surface area contributed by atoms with E-state index in [1.807, 2.05) is 42.1 Å². The Hall–Kier alpha value is -1.75. The molecular formula is C14H14BrN3O. The molecule has 1 aliphatic heterocycles. The molecule has 3 rings (SSSR count). The highest BCUT2D eigenvalue weighted by atomic mass is 79.9. The summed E-state index contributed by atoms with van der Waals surface area (Å²) >= 11 is 3.39. The van der Waals surface area contributed by atoms with Crippen LogP contribution in [0.1, 0.15) is 16.1 Å². The fraction of sp³-hybridized carbons (Fsp3) is 0.214. The molecule has 0 saturated heterocycles. The summed E-state index contributed by atoms with van der Waals surface area (Å²) in [6.45, 7) is 0.686. The number of aryl methyl sites for hydroxylation is 1. The molecule has 4 nitrogen and oxygen atoms in total. The third kappa shape index (κ3) is 1.94. The Labute approximate surface area is 119 Å². The number of halogens is 1. The number of anilines is 2. The molecule has 2 heterocycles. The van der Waals surface area contributed by atoms with Crippen molar-refractivity contribution in [2.24, 2.45) is 7.05 Å². The lowest BCUT2D eigenvalue weighted by Gasteiger charge is -2.19. The zero-order valence-corrected chi connectivity index (χ0v) is 12.1. The predicted octanol–water partition coefficient (Wildman–Crippen LogP) is 2.57. The van der Waals surface area contributed by atoms with Gasteiger partial charge in [0, 0.05) is 24.3 Å². The summed E-state index contributed by atoms with van der Waals surface area (Å²) in [4.78, 5) is 14.4. The number of amides is 1. The van der Waals surface area contributed by atoms with E-state index in [-0.39, 0.29) is 5.91 Å². The first-order chi connectivity index (χ1) is 9.08. The van der Waals surface area contributed by atoms with Gasteiger partial charge in [0.25, 0.3) is 5.91 Å². The number of nitrogen functional groups attached to an aromatic ring is 1. The van der Waals surface area contributed by atoms with E-state index in [9.17, 15) is 4.79 Å². The molecule has 0 saturated carbocycles. The highest BCUT2D eigenvalue weighted by molar-refractivity contribution is 9.10. The third-order valence-electron chi connectivity index (χ3n) is 3.46. The van der Waals surface area contributed by atoms with Crippen LogP contribution >= 0.6 is 15.9 Å². The molecule has 0 aliphatic carbocycles. The van der Waals surface area contributed by atoms with Crippen LogP contribution in [0, 0.1) is 0 Å². The van der Waals surface area contributed by atoms with E-state index in [2.05, 4.69) is 15.9 Å². The average Bonchev–Trinajstić information content (AvgIpc) is 2.93. The zero-order chi connectivity index (χ0) is 13.6. The Morgan fingerprint density at radius 3 is 2.89 bits per heavy atom. The number of benzene rings is 1. The molecule has 2 N–H and O–H groups in total. The van der Waals surface area contributed by atoms with Gasteiger partial charge in [-0.3, -0.25) is 4.79 Å². The van der Waals surface area contributed by atoms with Gasteiger partial charge in [-0.1, -0.05) is 12.1 Å². The number of carbonyl (C=O) groups is 1. The van der Waals surface area contributed by atoms with E-state index in [1.165, 1.54) is 0 Å². The number of hydrogen-bond acceptors (Lipinski definition) is 2. The minimum absolute atomic E-state index is 0.00940. The van der Waals surface area contributed by atoms with Gasteiger partial charge in [-0.15, -0.1) is 0 Å². The van der Waals surface area contributed by atoms with Crippen molar-refractivity contribution in [2.45, 2.75) is 6.42 Å². The van der Waals surface area contributed by atoms with E-state index in [0.29, 0.717) is 17.9 Å². The van der Waals surface area contributed by atoms with Crippen LogP contribution in [-0.2, 0) is 13.5 Å². The van der Waals surface area contributed by atoms with Crippen molar-refractivity contribution in [2.75, 3.05) is 17.2 Å². The van der Waals surface area contributed by atoms with Crippen LogP contribution in [0.3, 0.4) is 0 Å². The molecule has 1 aliphatic rings. The number of nitrogens with zero attached hydrogens (tertiary/aromatic N) is 2. The molecule has 2 aromatic rings. The van der Waals surface area contributed by atoms with Crippen molar-refractivity contribution in [3.05, 3.63) is 46.2 Å². The lowest BCUT2D eigenvalue weighted by molar-refractivity contribution is 0.0981. The average molecular weight is 320 g/mol. The topological polar surface area (TPSA) is 51.3 Å². The van der Waals surface area contributed by atoms with E-state index >= 15 is 0 Å². The van der Waals surface area contributed by atoms with Crippen molar-refractivity contribution in [3.8, 4) is 0 Å². The minimum Gasteiger partial charge on any atom is -0.397 e. The maximum Gasteiger partial charge on any atom is 0.275 e. The van der Waals surface area contributed by atoms with Gasteiger partial charge < -0.3 is 15.2 Å². The third-order valence-corrected chi connectivity index (χ3v) is 3.89. The highest BCUT2D eigenvalue weighted by Crippen LogP contribution is 2.34. The van der Waals surface area contributed by atoms with Gasteiger partial charge in [0.1, 0.15) is 5.69 Å². The molecule has 0 fully saturated rings. The van der Waals surface area contributed by atoms with Gasteiger partial charge in [0.15, 0.2) is 0 Å². The van der Waals surface area contributed by atoms with Crippen molar-refractivity contribution < 1.29 is 4.79 Å². The summed E-state index contributed by atoms with van der Waals surface area (Å²) in [5.41, 5.74) is 9.34. The fourth-order valence-corrected chi connectivity index (χ4v) is 3.09. The first-order valence-corrected chi connectivity index (χ1v) is 6.88. The summed E-state index contributed by atoms with van der Waals surface area (Å²) < 4.78 is 2.72. The van der Waals surface area contributed by atoms with Crippen molar-refractivity contribution >= 4 is 33.2 Å². The number of para-hydroxylation sites is 1. The SMILES string of the molecule is Cn1cc(Br)cc1C(=O)N1CCc2cccc(N)c21. The Morgan fingerprint density at radius 1 is 1.42 bits per heavy atom. The second-order valence-electron chi connectivity index (χ2n) is 4.72. The van der Waals surface area contributed by atoms with Gasteiger partial charge >= 0.3 is 0 Å². The normalized spacial score (nSPS) is 13.7. The van der Waals surface area contributed by atoms with Gasteiger partial charge in [-0.2, -0.15) is 0 Å². The second kappa shape index (κ2) is 4.42. The maximum atomic E-state index is 12.6. The first-order valence-electron chi connectivity index (χ1n) is 6.09.